The first-order valence-corrected chi connectivity index (χ1v) is 8.99. The molecule has 1 unspecified atom stereocenters. The molecule has 138 valence electrons. The smallest absolute Gasteiger partial charge is 0.257 e. The van der Waals surface area contributed by atoms with Gasteiger partial charge in [-0.1, -0.05) is 17.7 Å². The van der Waals surface area contributed by atoms with Crippen LogP contribution in [0, 0.1) is 12.8 Å². The summed E-state index contributed by atoms with van der Waals surface area (Å²) < 4.78 is 10.7. The predicted octanol–water partition coefficient (Wildman–Crippen LogP) is 3.03. The molecule has 1 atom stereocenters. The van der Waals surface area contributed by atoms with Gasteiger partial charge < -0.3 is 19.7 Å². The number of carbonyl (C=O) groups is 1. The van der Waals surface area contributed by atoms with Gasteiger partial charge in [-0.15, -0.1) is 0 Å². The van der Waals surface area contributed by atoms with E-state index in [0.29, 0.717) is 12.5 Å². The quantitative estimate of drug-likeness (QED) is 0.830. The molecule has 2 aromatic carbocycles. The summed E-state index contributed by atoms with van der Waals surface area (Å²) >= 11 is 0. The molecule has 2 aromatic rings. The van der Waals surface area contributed by atoms with Crippen molar-refractivity contribution >= 4 is 11.6 Å². The lowest BCUT2D eigenvalue weighted by atomic mass is 10.1. The van der Waals surface area contributed by atoms with Crippen molar-refractivity contribution in [2.75, 3.05) is 38.3 Å². The summed E-state index contributed by atoms with van der Waals surface area (Å²) in [6, 6.07) is 15.8. The van der Waals surface area contributed by atoms with Gasteiger partial charge in [-0.2, -0.15) is 0 Å². The number of aryl methyl sites for hydroxylation is 1. The van der Waals surface area contributed by atoms with Crippen LogP contribution in [0.15, 0.2) is 48.5 Å². The number of ether oxygens (including phenoxy) is 2. The molecular weight excluding hydrogens is 328 g/mol. The van der Waals surface area contributed by atoms with Crippen LogP contribution < -0.4 is 19.7 Å². The summed E-state index contributed by atoms with van der Waals surface area (Å²) in [4.78, 5) is 14.3. The van der Waals surface area contributed by atoms with Crippen molar-refractivity contribution in [2.45, 2.75) is 13.3 Å². The van der Waals surface area contributed by atoms with Crippen LogP contribution in [0.3, 0.4) is 0 Å². The topological polar surface area (TPSA) is 50.8 Å². The maximum Gasteiger partial charge on any atom is 0.257 e. The van der Waals surface area contributed by atoms with Crippen LogP contribution in [-0.4, -0.2) is 39.3 Å². The van der Waals surface area contributed by atoms with Crippen molar-refractivity contribution in [1.29, 1.82) is 0 Å². The normalized spacial score (nSPS) is 16.4. The van der Waals surface area contributed by atoms with Gasteiger partial charge in [-0.25, -0.2) is 0 Å². The highest BCUT2D eigenvalue weighted by Gasteiger charge is 2.23. The Hall–Kier alpha value is -2.69. The fraction of sp³-hybridized carbons (Fsp3) is 0.381. The molecule has 1 fully saturated rings. The van der Waals surface area contributed by atoms with Crippen LogP contribution in [-0.2, 0) is 4.79 Å². The van der Waals surface area contributed by atoms with Gasteiger partial charge in [-0.05, 0) is 55.7 Å². The second-order valence-electron chi connectivity index (χ2n) is 6.70. The third kappa shape index (κ3) is 4.91. The number of hydrogen-bond acceptors (Lipinski definition) is 4. The van der Waals surface area contributed by atoms with Crippen LogP contribution >= 0.6 is 0 Å². The highest BCUT2D eigenvalue weighted by atomic mass is 16.5. The maximum absolute atomic E-state index is 12.0. The number of amides is 1. The summed E-state index contributed by atoms with van der Waals surface area (Å²) in [6.45, 7) is 4.71. The first-order valence-electron chi connectivity index (χ1n) is 8.99. The zero-order chi connectivity index (χ0) is 18.4. The summed E-state index contributed by atoms with van der Waals surface area (Å²) in [7, 11) is 1.67. The zero-order valence-electron chi connectivity index (χ0n) is 15.4. The minimum absolute atomic E-state index is 0.0535. The monoisotopic (exact) mass is 354 g/mol. The molecule has 3 rings (SSSR count). The van der Waals surface area contributed by atoms with Gasteiger partial charge in [0.2, 0.25) is 0 Å². The lowest BCUT2D eigenvalue weighted by Gasteiger charge is -2.19. The van der Waals surface area contributed by atoms with Crippen LogP contribution in [0.4, 0.5) is 5.69 Å². The van der Waals surface area contributed by atoms with Crippen molar-refractivity contribution in [3.63, 3.8) is 0 Å². The Morgan fingerprint density at radius 2 is 1.81 bits per heavy atom. The summed E-state index contributed by atoms with van der Waals surface area (Å²) in [6.07, 6.45) is 1.07. The van der Waals surface area contributed by atoms with Gasteiger partial charge in [0.15, 0.2) is 6.61 Å². The third-order valence-corrected chi connectivity index (χ3v) is 4.70. The van der Waals surface area contributed by atoms with Gasteiger partial charge in [0.25, 0.3) is 5.91 Å². The first-order chi connectivity index (χ1) is 12.6. The standard InChI is InChI=1S/C21H26N2O3/c1-16-3-7-20(8-4-16)26-15-21(24)22-13-17-11-12-23(14-17)18-5-9-19(25-2)10-6-18/h3-10,17H,11-15H2,1-2H3,(H,22,24). The van der Waals surface area contributed by atoms with E-state index in [1.165, 1.54) is 11.3 Å². The molecule has 0 aromatic heterocycles. The third-order valence-electron chi connectivity index (χ3n) is 4.70. The van der Waals surface area contributed by atoms with Crippen molar-refractivity contribution in [3.8, 4) is 11.5 Å². The van der Waals surface area contributed by atoms with Crippen LogP contribution in [0.5, 0.6) is 11.5 Å². The lowest BCUT2D eigenvalue weighted by molar-refractivity contribution is -0.123. The molecule has 1 amide bonds. The van der Waals surface area contributed by atoms with E-state index < -0.39 is 0 Å². The molecule has 1 aliphatic heterocycles. The van der Waals surface area contributed by atoms with E-state index in [4.69, 9.17) is 9.47 Å². The fourth-order valence-electron chi connectivity index (χ4n) is 3.12. The van der Waals surface area contributed by atoms with E-state index in [1.54, 1.807) is 7.11 Å². The highest BCUT2D eigenvalue weighted by molar-refractivity contribution is 5.77. The van der Waals surface area contributed by atoms with E-state index in [-0.39, 0.29) is 12.5 Å². The molecule has 0 aliphatic carbocycles. The van der Waals surface area contributed by atoms with E-state index in [9.17, 15) is 4.79 Å². The molecule has 0 spiro atoms. The number of nitrogens with zero attached hydrogens (tertiary/aromatic N) is 1. The molecule has 0 saturated carbocycles. The van der Waals surface area contributed by atoms with Gasteiger partial charge >= 0.3 is 0 Å². The number of benzene rings is 2. The van der Waals surface area contributed by atoms with E-state index in [2.05, 4.69) is 22.3 Å². The summed E-state index contributed by atoms with van der Waals surface area (Å²) in [5.74, 6) is 1.97. The molecule has 1 N–H and O–H groups in total. The molecule has 0 bridgehead atoms. The second-order valence-corrected chi connectivity index (χ2v) is 6.70. The number of methoxy groups -OCH3 is 1. The summed E-state index contributed by atoms with van der Waals surface area (Å²) in [5.41, 5.74) is 2.37. The van der Waals surface area contributed by atoms with Crippen molar-refractivity contribution in [1.82, 2.24) is 5.32 Å². The molecule has 5 nitrogen and oxygen atoms in total. The Morgan fingerprint density at radius 1 is 1.12 bits per heavy atom. The minimum Gasteiger partial charge on any atom is -0.497 e. The predicted molar refractivity (Wildman–Crippen MR) is 103 cm³/mol. The average Bonchev–Trinajstić information content (AvgIpc) is 3.15. The molecule has 1 saturated heterocycles. The van der Waals surface area contributed by atoms with Gasteiger partial charge in [0, 0.05) is 25.3 Å². The van der Waals surface area contributed by atoms with E-state index in [1.807, 2.05) is 43.3 Å². The van der Waals surface area contributed by atoms with Crippen molar-refractivity contribution in [3.05, 3.63) is 54.1 Å². The largest absolute Gasteiger partial charge is 0.497 e. The van der Waals surface area contributed by atoms with Crippen molar-refractivity contribution < 1.29 is 14.3 Å². The SMILES string of the molecule is COc1ccc(N2CCC(CNC(=O)COc3ccc(C)cc3)C2)cc1. The Kier molecular flexibility index (Phi) is 6.00. The number of nitrogens with one attached hydrogen (secondary N) is 1. The number of carbonyl (C=O) groups excluding carboxylic acids is 1. The maximum atomic E-state index is 12.0. The van der Waals surface area contributed by atoms with E-state index in [0.717, 1.165) is 31.0 Å². The molecule has 0 radical (unpaired) electrons. The fourth-order valence-corrected chi connectivity index (χ4v) is 3.12. The first kappa shape index (κ1) is 18.1. The van der Waals surface area contributed by atoms with E-state index >= 15 is 0 Å². The van der Waals surface area contributed by atoms with Gasteiger partial charge in [0.05, 0.1) is 7.11 Å². The Balaban J connectivity index is 1.39. The van der Waals surface area contributed by atoms with Crippen molar-refractivity contribution in [2.24, 2.45) is 5.92 Å². The minimum atomic E-state index is -0.0755. The molecular formula is C21H26N2O3. The Morgan fingerprint density at radius 3 is 2.50 bits per heavy atom. The average molecular weight is 354 g/mol. The van der Waals surface area contributed by atoms with Crippen LogP contribution in [0.25, 0.3) is 0 Å². The molecule has 1 heterocycles. The molecule has 5 heteroatoms. The summed E-state index contributed by atoms with van der Waals surface area (Å²) in [5, 5.41) is 2.99. The lowest BCUT2D eigenvalue weighted by Crippen LogP contribution is -2.34. The number of rotatable bonds is 7. The molecule has 26 heavy (non-hydrogen) atoms. The highest BCUT2D eigenvalue weighted by Crippen LogP contribution is 2.25. The second kappa shape index (κ2) is 8.61. The van der Waals surface area contributed by atoms with Gasteiger partial charge in [-0.3, -0.25) is 4.79 Å². The Bertz CT molecular complexity index is 713. The van der Waals surface area contributed by atoms with Crippen LogP contribution in [0.1, 0.15) is 12.0 Å². The Labute approximate surface area is 154 Å². The van der Waals surface area contributed by atoms with Gasteiger partial charge in [0.1, 0.15) is 11.5 Å². The number of hydrogen-bond donors (Lipinski definition) is 1. The number of anilines is 1. The molecule has 1 aliphatic rings. The van der Waals surface area contributed by atoms with Crippen LogP contribution in [0.2, 0.25) is 0 Å². The zero-order valence-corrected chi connectivity index (χ0v) is 15.4.